The number of nitrogens with zero attached hydrogens (tertiary/aromatic N) is 1. The number of nitrogens with one attached hydrogen (secondary N) is 1. The number of hydrogen-bond donors (Lipinski definition) is 2. The standard InChI is InChI=1S/C22H18N2O6/c25-14-16-6-10-18(11-7-16)29-20-3-1-2-19(12-20)28-17-8-4-15(5-9-17)13-24-21(26)23-22(27)30-24/h1-12,25H,13-14H2,(H,23,26,27). The number of benzene rings is 3. The van der Waals surface area contributed by atoms with Crippen LogP contribution in [0.3, 0.4) is 0 Å². The maximum Gasteiger partial charge on any atom is 0.440 e. The summed E-state index contributed by atoms with van der Waals surface area (Å²) in [6.07, 6.45) is 0. The number of H-pyrrole nitrogens is 1. The molecule has 0 unspecified atom stereocenters. The zero-order valence-electron chi connectivity index (χ0n) is 15.8. The molecule has 1 aromatic heterocycles. The average molecular weight is 406 g/mol. The fourth-order valence-corrected chi connectivity index (χ4v) is 2.78. The zero-order valence-corrected chi connectivity index (χ0v) is 15.8. The molecule has 0 aliphatic heterocycles. The summed E-state index contributed by atoms with van der Waals surface area (Å²) in [5.74, 6) is 1.68. The summed E-state index contributed by atoms with van der Waals surface area (Å²) < 4.78 is 17.4. The Morgan fingerprint density at radius 1 is 0.800 bits per heavy atom. The third-order valence-corrected chi connectivity index (χ3v) is 4.26. The molecule has 0 aliphatic carbocycles. The van der Waals surface area contributed by atoms with Gasteiger partial charge in [0.2, 0.25) is 0 Å². The van der Waals surface area contributed by atoms with Gasteiger partial charge >= 0.3 is 11.4 Å². The number of hydrogen-bond acceptors (Lipinski definition) is 6. The maximum atomic E-state index is 11.5. The molecule has 0 aliphatic rings. The van der Waals surface area contributed by atoms with Crippen molar-refractivity contribution in [2.24, 2.45) is 0 Å². The molecular formula is C22H18N2O6. The summed E-state index contributed by atoms with van der Waals surface area (Å²) in [5, 5.41) is 9.11. The summed E-state index contributed by atoms with van der Waals surface area (Å²) >= 11 is 0. The second-order valence-corrected chi connectivity index (χ2v) is 6.47. The molecule has 2 N–H and O–H groups in total. The van der Waals surface area contributed by atoms with Crippen LogP contribution in [0.25, 0.3) is 0 Å². The van der Waals surface area contributed by atoms with E-state index in [0.29, 0.717) is 23.0 Å². The Morgan fingerprint density at radius 3 is 1.87 bits per heavy atom. The molecule has 0 saturated heterocycles. The maximum absolute atomic E-state index is 11.5. The quantitative estimate of drug-likeness (QED) is 0.488. The van der Waals surface area contributed by atoms with Crippen LogP contribution >= 0.6 is 0 Å². The van der Waals surface area contributed by atoms with Crippen molar-refractivity contribution < 1.29 is 19.1 Å². The van der Waals surface area contributed by atoms with Gasteiger partial charge in [-0.25, -0.2) is 14.6 Å². The minimum absolute atomic E-state index is 0.0151. The fraction of sp³-hybridized carbons (Fsp3) is 0.0909. The van der Waals surface area contributed by atoms with Crippen LogP contribution in [0.2, 0.25) is 0 Å². The lowest BCUT2D eigenvalue weighted by atomic mass is 10.2. The highest BCUT2D eigenvalue weighted by molar-refractivity contribution is 5.40. The van der Waals surface area contributed by atoms with E-state index in [1.807, 2.05) is 23.2 Å². The molecule has 0 radical (unpaired) electrons. The van der Waals surface area contributed by atoms with Gasteiger partial charge in [-0.15, -0.1) is 4.74 Å². The van der Waals surface area contributed by atoms with Crippen molar-refractivity contribution in [3.8, 4) is 23.0 Å². The summed E-state index contributed by atoms with van der Waals surface area (Å²) in [6, 6.07) is 21.4. The van der Waals surface area contributed by atoms with E-state index < -0.39 is 11.4 Å². The first-order valence-electron chi connectivity index (χ1n) is 9.14. The average Bonchev–Trinajstić information content (AvgIpc) is 3.07. The number of ether oxygens (including phenoxy) is 2. The van der Waals surface area contributed by atoms with E-state index in [1.54, 1.807) is 54.6 Å². The van der Waals surface area contributed by atoms with Crippen LogP contribution in [-0.2, 0) is 13.2 Å². The Kier molecular flexibility index (Phi) is 5.49. The van der Waals surface area contributed by atoms with Gasteiger partial charge in [-0.1, -0.05) is 30.3 Å². The first-order chi connectivity index (χ1) is 14.6. The van der Waals surface area contributed by atoms with E-state index in [-0.39, 0.29) is 13.2 Å². The predicted molar refractivity (Wildman–Crippen MR) is 108 cm³/mol. The number of aliphatic hydroxyl groups is 1. The highest BCUT2D eigenvalue weighted by Crippen LogP contribution is 2.28. The van der Waals surface area contributed by atoms with Crippen LogP contribution in [0.1, 0.15) is 11.1 Å². The molecule has 8 nitrogen and oxygen atoms in total. The van der Waals surface area contributed by atoms with Crippen molar-refractivity contribution in [2.45, 2.75) is 13.2 Å². The topological polar surface area (TPSA) is 107 Å². The molecule has 3 aromatic carbocycles. The molecule has 1 heterocycles. The molecule has 0 bridgehead atoms. The zero-order chi connectivity index (χ0) is 20.9. The van der Waals surface area contributed by atoms with Crippen molar-refractivity contribution in [1.29, 1.82) is 0 Å². The SMILES string of the molecule is O=c1[nH]c(=O)n(Cc2ccc(Oc3cccc(Oc4ccc(CO)cc4)c3)cc2)o1. The molecule has 4 aromatic rings. The van der Waals surface area contributed by atoms with Crippen LogP contribution in [0.5, 0.6) is 23.0 Å². The second-order valence-electron chi connectivity index (χ2n) is 6.47. The summed E-state index contributed by atoms with van der Waals surface area (Å²) in [7, 11) is 0. The van der Waals surface area contributed by atoms with Crippen LogP contribution < -0.4 is 20.9 Å². The van der Waals surface area contributed by atoms with Gasteiger partial charge in [-0.2, -0.15) is 0 Å². The Morgan fingerprint density at radius 2 is 1.37 bits per heavy atom. The van der Waals surface area contributed by atoms with E-state index in [0.717, 1.165) is 15.9 Å². The van der Waals surface area contributed by atoms with Crippen molar-refractivity contribution in [3.05, 3.63) is 105 Å². The predicted octanol–water partition coefficient (Wildman–Crippen LogP) is 3.25. The lowest BCUT2D eigenvalue weighted by molar-refractivity contribution is 0.258. The van der Waals surface area contributed by atoms with Gasteiger partial charge in [0.15, 0.2) is 0 Å². The fourth-order valence-electron chi connectivity index (χ4n) is 2.78. The first-order valence-corrected chi connectivity index (χ1v) is 9.14. The molecule has 4 rings (SSSR count). The van der Waals surface area contributed by atoms with E-state index in [1.165, 1.54) is 0 Å². The van der Waals surface area contributed by atoms with Gasteiger partial charge in [0.1, 0.15) is 23.0 Å². The van der Waals surface area contributed by atoms with Gasteiger partial charge in [0, 0.05) is 6.07 Å². The lowest BCUT2D eigenvalue weighted by Gasteiger charge is -2.10. The number of aliphatic hydroxyl groups excluding tert-OH is 1. The van der Waals surface area contributed by atoms with Crippen molar-refractivity contribution in [3.63, 3.8) is 0 Å². The van der Waals surface area contributed by atoms with Crippen LogP contribution in [0.4, 0.5) is 0 Å². The summed E-state index contributed by atoms with van der Waals surface area (Å²) in [4.78, 5) is 24.6. The Hall–Kier alpha value is -4.04. The summed E-state index contributed by atoms with van der Waals surface area (Å²) in [5.41, 5.74) is 0.991. The third kappa shape index (κ3) is 4.68. The second kappa shape index (κ2) is 8.54. The van der Waals surface area contributed by atoms with Crippen molar-refractivity contribution in [1.82, 2.24) is 9.72 Å². The van der Waals surface area contributed by atoms with Gasteiger partial charge in [-0.3, -0.25) is 0 Å². The lowest BCUT2D eigenvalue weighted by Crippen LogP contribution is -2.17. The van der Waals surface area contributed by atoms with E-state index in [2.05, 4.69) is 0 Å². The molecule has 0 amide bonds. The highest BCUT2D eigenvalue weighted by Gasteiger charge is 2.05. The van der Waals surface area contributed by atoms with Crippen LogP contribution in [0.15, 0.2) is 86.9 Å². The van der Waals surface area contributed by atoms with Crippen molar-refractivity contribution >= 4 is 0 Å². The van der Waals surface area contributed by atoms with Crippen molar-refractivity contribution in [2.75, 3.05) is 0 Å². The first kappa shape index (κ1) is 19.3. The molecule has 0 saturated carbocycles. The largest absolute Gasteiger partial charge is 0.457 e. The molecule has 0 fully saturated rings. The van der Waals surface area contributed by atoms with Gasteiger partial charge in [0.25, 0.3) is 0 Å². The van der Waals surface area contributed by atoms with E-state index >= 15 is 0 Å². The number of rotatable bonds is 7. The molecule has 152 valence electrons. The minimum Gasteiger partial charge on any atom is -0.457 e. The summed E-state index contributed by atoms with van der Waals surface area (Å²) in [6.45, 7) is 0.120. The Labute approximate surface area is 170 Å². The van der Waals surface area contributed by atoms with Crippen LogP contribution in [0, 0.1) is 0 Å². The highest BCUT2D eigenvalue weighted by atomic mass is 16.5. The minimum atomic E-state index is -0.786. The smallest absolute Gasteiger partial charge is 0.440 e. The monoisotopic (exact) mass is 406 g/mol. The number of aromatic amines is 1. The Bertz CT molecular complexity index is 1240. The van der Waals surface area contributed by atoms with Gasteiger partial charge in [0.05, 0.1) is 13.2 Å². The third-order valence-electron chi connectivity index (χ3n) is 4.26. The molecular weight excluding hydrogens is 388 g/mol. The number of aromatic nitrogens is 2. The normalized spacial score (nSPS) is 10.7. The van der Waals surface area contributed by atoms with E-state index in [9.17, 15) is 9.59 Å². The molecule has 30 heavy (non-hydrogen) atoms. The molecule has 0 atom stereocenters. The molecule has 8 heteroatoms. The molecule has 0 spiro atoms. The van der Waals surface area contributed by atoms with Gasteiger partial charge in [-0.05, 0) is 47.5 Å². The van der Waals surface area contributed by atoms with Crippen LogP contribution in [-0.4, -0.2) is 14.8 Å². The Balaban J connectivity index is 1.42. The van der Waals surface area contributed by atoms with E-state index in [4.69, 9.17) is 19.1 Å². The van der Waals surface area contributed by atoms with Gasteiger partial charge < -0.3 is 19.1 Å².